The van der Waals surface area contributed by atoms with Gasteiger partial charge in [-0.3, -0.25) is 14.4 Å². The van der Waals surface area contributed by atoms with Gasteiger partial charge in [0.05, 0.1) is 31.1 Å². The first-order chi connectivity index (χ1) is 16.9. The fourth-order valence-corrected chi connectivity index (χ4v) is 5.67. The summed E-state index contributed by atoms with van der Waals surface area (Å²) >= 11 is 0. The number of allylic oxidation sites excluding steroid dienone is 1. The first-order valence-corrected chi connectivity index (χ1v) is 13.0. The van der Waals surface area contributed by atoms with Gasteiger partial charge in [0.2, 0.25) is 11.8 Å². The second-order valence-corrected chi connectivity index (χ2v) is 9.75. The molecule has 1 saturated heterocycles. The van der Waals surface area contributed by atoms with Crippen molar-refractivity contribution in [2.45, 2.75) is 65.6 Å². The fraction of sp³-hybridized carbons (Fsp3) is 0.607. The van der Waals surface area contributed by atoms with Crippen molar-refractivity contribution in [3.63, 3.8) is 0 Å². The molecule has 2 N–H and O–H groups in total. The van der Waals surface area contributed by atoms with Crippen molar-refractivity contribution in [1.29, 1.82) is 0 Å². The molecule has 1 aromatic carbocycles. The van der Waals surface area contributed by atoms with Crippen molar-refractivity contribution in [1.82, 2.24) is 10.2 Å². The van der Waals surface area contributed by atoms with Crippen molar-refractivity contribution < 1.29 is 24.2 Å². The van der Waals surface area contributed by atoms with Gasteiger partial charge in [-0.1, -0.05) is 76.1 Å². The monoisotopic (exact) mass is 484 g/mol. The average Bonchev–Trinajstić information content (AvgIpc) is 3.16. The normalized spacial score (nSPS) is 27.3. The number of aliphatic hydroxyl groups excluding tert-OH is 1. The zero-order chi connectivity index (χ0) is 25.5. The van der Waals surface area contributed by atoms with Crippen LogP contribution in [-0.2, 0) is 25.7 Å². The Kier molecular flexibility index (Phi) is 9.49. The number of nitrogens with zero attached hydrogens (tertiary/aromatic N) is 1. The summed E-state index contributed by atoms with van der Waals surface area (Å²) in [5.74, 6) is -2.79. The SMILES string of the molecule is CCC[C@@H]1C=C[C@H]2[C@@H](C(=O)N([C@@H](CO)[C@@H](C)CC)[C@@H]2C(=O)NCc2ccccc2)[C@@H]1C(=O)OCC. The molecular weight excluding hydrogens is 444 g/mol. The zero-order valence-corrected chi connectivity index (χ0v) is 21.4. The van der Waals surface area contributed by atoms with Crippen LogP contribution in [0.4, 0.5) is 0 Å². The summed E-state index contributed by atoms with van der Waals surface area (Å²) in [5.41, 5.74) is 0.959. The predicted octanol–water partition coefficient (Wildman–Crippen LogP) is 3.32. The largest absolute Gasteiger partial charge is 0.466 e. The number of carbonyl (C=O) groups excluding carboxylic acids is 3. The molecule has 1 aliphatic carbocycles. The zero-order valence-electron chi connectivity index (χ0n) is 21.4. The molecule has 2 amide bonds. The number of rotatable bonds is 11. The molecule has 0 spiro atoms. The van der Waals surface area contributed by atoms with E-state index in [1.54, 1.807) is 11.8 Å². The lowest BCUT2D eigenvalue weighted by molar-refractivity contribution is -0.156. The Balaban J connectivity index is 2.00. The van der Waals surface area contributed by atoms with Crippen LogP contribution in [0.3, 0.4) is 0 Å². The third-order valence-electron chi connectivity index (χ3n) is 7.65. The number of carbonyl (C=O) groups is 3. The lowest BCUT2D eigenvalue weighted by Gasteiger charge is -2.36. The minimum absolute atomic E-state index is 0.00927. The van der Waals surface area contributed by atoms with Crippen LogP contribution in [0.5, 0.6) is 0 Å². The molecule has 0 bridgehead atoms. The number of likely N-dealkylation sites (tertiary alicyclic amines) is 1. The molecule has 2 aliphatic rings. The predicted molar refractivity (Wildman–Crippen MR) is 134 cm³/mol. The fourth-order valence-electron chi connectivity index (χ4n) is 5.67. The number of nitrogens with one attached hydrogen (secondary N) is 1. The van der Waals surface area contributed by atoms with Crippen LogP contribution in [0.25, 0.3) is 0 Å². The van der Waals surface area contributed by atoms with E-state index < -0.39 is 29.8 Å². The summed E-state index contributed by atoms with van der Waals surface area (Å²) in [7, 11) is 0. The summed E-state index contributed by atoms with van der Waals surface area (Å²) in [6.45, 7) is 8.13. The molecule has 0 unspecified atom stereocenters. The van der Waals surface area contributed by atoms with Gasteiger partial charge in [0.25, 0.3) is 0 Å². The summed E-state index contributed by atoms with van der Waals surface area (Å²) < 4.78 is 5.41. The third-order valence-corrected chi connectivity index (χ3v) is 7.65. The van der Waals surface area contributed by atoms with Crippen LogP contribution < -0.4 is 5.32 Å². The van der Waals surface area contributed by atoms with E-state index in [0.29, 0.717) is 6.54 Å². The third kappa shape index (κ3) is 5.61. The van der Waals surface area contributed by atoms with Crippen LogP contribution in [0.2, 0.25) is 0 Å². The Morgan fingerprint density at radius 1 is 1.14 bits per heavy atom. The highest BCUT2D eigenvalue weighted by atomic mass is 16.5. The average molecular weight is 485 g/mol. The van der Waals surface area contributed by atoms with Crippen molar-refractivity contribution in [3.05, 3.63) is 48.0 Å². The smallest absolute Gasteiger partial charge is 0.310 e. The molecule has 35 heavy (non-hydrogen) atoms. The molecule has 1 fully saturated rings. The Bertz CT molecular complexity index is 902. The molecule has 0 saturated carbocycles. The Labute approximate surface area is 208 Å². The summed E-state index contributed by atoms with van der Waals surface area (Å²) in [6, 6.07) is 8.31. The lowest BCUT2D eigenvalue weighted by atomic mass is 9.69. The van der Waals surface area contributed by atoms with Crippen LogP contribution in [-0.4, -0.2) is 53.1 Å². The molecule has 0 radical (unpaired) electrons. The number of hydrogen-bond acceptors (Lipinski definition) is 5. The molecular formula is C28H40N2O5. The van der Waals surface area contributed by atoms with Gasteiger partial charge in [0.15, 0.2) is 0 Å². The number of hydrogen-bond donors (Lipinski definition) is 2. The Hall–Kier alpha value is -2.67. The maximum Gasteiger partial charge on any atom is 0.310 e. The van der Waals surface area contributed by atoms with Gasteiger partial charge >= 0.3 is 5.97 Å². The van der Waals surface area contributed by atoms with Gasteiger partial charge in [-0.2, -0.15) is 0 Å². The summed E-state index contributed by atoms with van der Waals surface area (Å²) in [6.07, 6.45) is 6.33. The topological polar surface area (TPSA) is 95.9 Å². The number of aliphatic hydroxyl groups is 1. The van der Waals surface area contributed by atoms with E-state index >= 15 is 0 Å². The minimum Gasteiger partial charge on any atom is -0.466 e. The second-order valence-electron chi connectivity index (χ2n) is 9.75. The highest BCUT2D eigenvalue weighted by Gasteiger charge is 2.59. The number of esters is 1. The van der Waals surface area contributed by atoms with Gasteiger partial charge in [0, 0.05) is 12.5 Å². The van der Waals surface area contributed by atoms with Crippen LogP contribution in [0.1, 0.15) is 52.5 Å². The summed E-state index contributed by atoms with van der Waals surface area (Å²) in [5, 5.41) is 13.3. The number of ether oxygens (including phenoxy) is 1. The number of benzene rings is 1. The highest BCUT2D eigenvalue weighted by molar-refractivity contribution is 5.96. The van der Waals surface area contributed by atoms with E-state index in [1.807, 2.05) is 56.3 Å². The maximum absolute atomic E-state index is 14.0. The van der Waals surface area contributed by atoms with Crippen molar-refractivity contribution in [2.75, 3.05) is 13.2 Å². The molecule has 1 aliphatic heterocycles. The van der Waals surface area contributed by atoms with Crippen LogP contribution in [0.15, 0.2) is 42.5 Å². The van der Waals surface area contributed by atoms with E-state index in [9.17, 15) is 19.5 Å². The van der Waals surface area contributed by atoms with E-state index in [-0.39, 0.29) is 42.8 Å². The quantitative estimate of drug-likeness (QED) is 0.371. The Morgan fingerprint density at radius 2 is 1.86 bits per heavy atom. The number of amides is 2. The lowest BCUT2D eigenvalue weighted by Crippen LogP contribution is -2.54. The molecule has 1 aromatic rings. The molecule has 7 heteroatoms. The molecule has 7 atom stereocenters. The molecule has 0 aromatic heterocycles. The first kappa shape index (κ1) is 26.9. The van der Waals surface area contributed by atoms with Crippen molar-refractivity contribution in [3.8, 4) is 0 Å². The van der Waals surface area contributed by atoms with Gasteiger partial charge < -0.3 is 20.1 Å². The molecule has 7 nitrogen and oxygen atoms in total. The van der Waals surface area contributed by atoms with E-state index in [0.717, 1.165) is 24.8 Å². The van der Waals surface area contributed by atoms with Crippen LogP contribution >= 0.6 is 0 Å². The summed E-state index contributed by atoms with van der Waals surface area (Å²) in [4.78, 5) is 42.3. The molecule has 3 rings (SSSR count). The van der Waals surface area contributed by atoms with Gasteiger partial charge in [-0.05, 0) is 30.7 Å². The van der Waals surface area contributed by atoms with Crippen molar-refractivity contribution >= 4 is 17.8 Å². The van der Waals surface area contributed by atoms with Gasteiger partial charge in [-0.15, -0.1) is 0 Å². The maximum atomic E-state index is 14.0. The Morgan fingerprint density at radius 3 is 2.46 bits per heavy atom. The minimum atomic E-state index is -0.793. The standard InChI is InChI=1S/C28H40N2O5/c1-5-11-20-14-15-21-24(23(20)28(34)35-7-3)27(33)30(22(17-31)18(4)6-2)25(21)26(32)29-16-19-12-9-8-10-13-19/h8-10,12-15,18,20-25,31H,5-7,11,16-17H2,1-4H3,(H,29,32)/t18-,20+,21-,22-,23+,24+,25-/m0/s1. The van der Waals surface area contributed by atoms with E-state index in [4.69, 9.17) is 4.74 Å². The number of fused-ring (bicyclic) bond motifs is 1. The van der Waals surface area contributed by atoms with Gasteiger partial charge in [-0.25, -0.2) is 0 Å². The van der Waals surface area contributed by atoms with Gasteiger partial charge in [0.1, 0.15) is 6.04 Å². The highest BCUT2D eigenvalue weighted by Crippen LogP contribution is 2.47. The first-order valence-electron chi connectivity index (χ1n) is 13.0. The van der Waals surface area contributed by atoms with E-state index in [2.05, 4.69) is 12.2 Å². The van der Waals surface area contributed by atoms with Crippen LogP contribution in [0, 0.1) is 29.6 Å². The molecule has 1 heterocycles. The second kappa shape index (κ2) is 12.3. The molecule has 192 valence electrons. The van der Waals surface area contributed by atoms with Crippen molar-refractivity contribution in [2.24, 2.45) is 29.6 Å². The van der Waals surface area contributed by atoms with E-state index in [1.165, 1.54) is 0 Å².